The van der Waals surface area contributed by atoms with Crippen LogP contribution >= 0.6 is 0 Å². The van der Waals surface area contributed by atoms with Crippen LogP contribution in [0.4, 0.5) is 0 Å². The van der Waals surface area contributed by atoms with Gasteiger partial charge < -0.3 is 9.47 Å². The molecular weight excluding hydrogens is 362 g/mol. The fourth-order valence-electron chi connectivity index (χ4n) is 5.79. The van der Waals surface area contributed by atoms with E-state index in [9.17, 15) is 4.79 Å². The van der Waals surface area contributed by atoms with E-state index in [1.807, 2.05) is 0 Å². The van der Waals surface area contributed by atoms with E-state index in [4.69, 9.17) is 9.47 Å². The minimum absolute atomic E-state index is 0.0866. The van der Waals surface area contributed by atoms with Gasteiger partial charge in [-0.1, -0.05) is 57.5 Å². The first kappa shape index (κ1) is 20.9. The number of rotatable bonds is 6. The highest BCUT2D eigenvalue weighted by Crippen LogP contribution is 2.40. The number of benzene rings is 1. The van der Waals surface area contributed by atoms with Gasteiger partial charge in [-0.15, -0.1) is 0 Å². The minimum atomic E-state index is -0.375. The van der Waals surface area contributed by atoms with E-state index < -0.39 is 0 Å². The van der Waals surface area contributed by atoms with Gasteiger partial charge in [0.25, 0.3) is 0 Å². The van der Waals surface area contributed by atoms with E-state index in [1.54, 1.807) is 0 Å². The fourth-order valence-corrected chi connectivity index (χ4v) is 5.79. The number of cyclic esters (lactones) is 1. The van der Waals surface area contributed by atoms with Crippen molar-refractivity contribution in [3.8, 4) is 0 Å². The molecule has 0 spiro atoms. The van der Waals surface area contributed by atoms with Crippen LogP contribution in [0.2, 0.25) is 0 Å². The lowest BCUT2D eigenvalue weighted by Gasteiger charge is -2.40. The second kappa shape index (κ2) is 9.18. The van der Waals surface area contributed by atoms with E-state index in [2.05, 4.69) is 56.0 Å². The number of hydrogen-bond donors (Lipinski definition) is 0. The van der Waals surface area contributed by atoms with Crippen LogP contribution in [0.3, 0.4) is 0 Å². The van der Waals surface area contributed by atoms with Crippen molar-refractivity contribution in [1.29, 1.82) is 0 Å². The Kier molecular flexibility index (Phi) is 6.60. The van der Waals surface area contributed by atoms with Crippen molar-refractivity contribution in [1.82, 2.24) is 4.90 Å². The van der Waals surface area contributed by atoms with Crippen molar-refractivity contribution >= 4 is 5.97 Å². The lowest BCUT2D eigenvalue weighted by atomic mass is 9.75. The first-order valence-electron chi connectivity index (χ1n) is 11.6. The van der Waals surface area contributed by atoms with Gasteiger partial charge in [0.05, 0.1) is 12.5 Å². The van der Waals surface area contributed by atoms with Crippen molar-refractivity contribution in [2.24, 2.45) is 23.7 Å². The molecule has 0 radical (unpaired) electrons. The summed E-state index contributed by atoms with van der Waals surface area (Å²) in [5.41, 5.74) is 1.34. The van der Waals surface area contributed by atoms with Gasteiger partial charge in [-0.05, 0) is 55.5 Å². The summed E-state index contributed by atoms with van der Waals surface area (Å²) in [5, 5.41) is 0. The van der Waals surface area contributed by atoms with Crippen molar-refractivity contribution < 1.29 is 14.3 Å². The zero-order valence-electron chi connectivity index (χ0n) is 18.3. The topological polar surface area (TPSA) is 38.8 Å². The van der Waals surface area contributed by atoms with Crippen molar-refractivity contribution in [3.63, 3.8) is 0 Å². The number of esters is 1. The first-order chi connectivity index (χ1) is 14.0. The van der Waals surface area contributed by atoms with Crippen LogP contribution in [0, 0.1) is 23.7 Å². The van der Waals surface area contributed by atoms with Gasteiger partial charge in [0, 0.05) is 18.5 Å². The molecule has 2 saturated heterocycles. The lowest BCUT2D eigenvalue weighted by molar-refractivity contribution is -0.200. The molecule has 3 aliphatic rings. The molecule has 0 bridgehead atoms. The van der Waals surface area contributed by atoms with Crippen LogP contribution in [0.5, 0.6) is 0 Å². The summed E-state index contributed by atoms with van der Waals surface area (Å²) in [6.45, 7) is 8.95. The molecule has 2 heterocycles. The maximum absolute atomic E-state index is 12.3. The van der Waals surface area contributed by atoms with Crippen LogP contribution < -0.4 is 0 Å². The molecule has 29 heavy (non-hydrogen) atoms. The molecule has 1 aliphatic carbocycles. The van der Waals surface area contributed by atoms with Gasteiger partial charge in [-0.3, -0.25) is 9.69 Å². The predicted octanol–water partition coefficient (Wildman–Crippen LogP) is 5.02. The van der Waals surface area contributed by atoms with Gasteiger partial charge >= 0.3 is 5.97 Å². The van der Waals surface area contributed by atoms with Gasteiger partial charge in [-0.2, -0.15) is 0 Å². The molecule has 6 atom stereocenters. The summed E-state index contributed by atoms with van der Waals surface area (Å²) in [5.74, 6) is 1.92. The third kappa shape index (κ3) is 4.86. The number of carbonyl (C=O) groups is 1. The molecule has 0 N–H and O–H groups in total. The largest absolute Gasteiger partial charge is 0.435 e. The average molecular weight is 400 g/mol. The second-order valence-corrected chi connectivity index (χ2v) is 9.89. The molecule has 1 aromatic rings. The first-order valence-corrected chi connectivity index (χ1v) is 11.6. The number of carbonyl (C=O) groups excluding carboxylic acids is 1. The Labute approximate surface area is 175 Å². The fraction of sp³-hybridized carbons (Fsp3) is 0.720. The van der Waals surface area contributed by atoms with Crippen LogP contribution in [0.25, 0.3) is 0 Å². The molecule has 160 valence electrons. The molecule has 4 heteroatoms. The minimum Gasteiger partial charge on any atom is -0.435 e. The molecule has 4 nitrogen and oxygen atoms in total. The zero-order chi connectivity index (χ0) is 20.4. The van der Waals surface area contributed by atoms with Gasteiger partial charge in [0.1, 0.15) is 0 Å². The summed E-state index contributed by atoms with van der Waals surface area (Å²) in [4.78, 5) is 14.8. The molecule has 4 rings (SSSR count). The zero-order valence-corrected chi connectivity index (χ0v) is 18.3. The van der Waals surface area contributed by atoms with Crippen molar-refractivity contribution in [2.75, 3.05) is 6.54 Å². The van der Waals surface area contributed by atoms with Crippen molar-refractivity contribution in [2.45, 2.75) is 84.3 Å². The maximum Gasteiger partial charge on any atom is 0.308 e. The van der Waals surface area contributed by atoms with E-state index in [0.29, 0.717) is 30.2 Å². The summed E-state index contributed by atoms with van der Waals surface area (Å²) >= 11 is 0. The Morgan fingerprint density at radius 1 is 1.17 bits per heavy atom. The van der Waals surface area contributed by atoms with E-state index in [0.717, 1.165) is 25.9 Å². The highest BCUT2D eigenvalue weighted by molar-refractivity contribution is 5.72. The van der Waals surface area contributed by atoms with Crippen molar-refractivity contribution in [3.05, 3.63) is 35.9 Å². The van der Waals surface area contributed by atoms with Gasteiger partial charge in [-0.25, -0.2) is 0 Å². The van der Waals surface area contributed by atoms with Crippen LogP contribution in [-0.4, -0.2) is 35.8 Å². The number of hydrogen-bond acceptors (Lipinski definition) is 4. The third-order valence-corrected chi connectivity index (χ3v) is 7.41. The quantitative estimate of drug-likeness (QED) is 0.630. The normalized spacial score (nSPS) is 35.9. The van der Waals surface area contributed by atoms with Crippen LogP contribution in [0.15, 0.2) is 30.3 Å². The van der Waals surface area contributed by atoms with Crippen LogP contribution in [0.1, 0.15) is 64.9 Å². The summed E-state index contributed by atoms with van der Waals surface area (Å²) in [7, 11) is 0. The lowest BCUT2D eigenvalue weighted by Crippen LogP contribution is -2.43. The summed E-state index contributed by atoms with van der Waals surface area (Å²) in [6.07, 6.45) is 6.23. The molecule has 3 fully saturated rings. The Bertz CT molecular complexity index is 676. The molecular formula is C25H37NO3. The second-order valence-electron chi connectivity index (χ2n) is 9.89. The average Bonchev–Trinajstić information content (AvgIpc) is 3.28. The summed E-state index contributed by atoms with van der Waals surface area (Å²) < 4.78 is 12.4. The van der Waals surface area contributed by atoms with E-state index in [-0.39, 0.29) is 24.3 Å². The molecule has 1 aromatic carbocycles. The molecule has 0 amide bonds. The number of ether oxygens (including phenoxy) is 2. The monoisotopic (exact) mass is 399 g/mol. The van der Waals surface area contributed by atoms with Gasteiger partial charge in [0.15, 0.2) is 0 Å². The molecule has 0 unspecified atom stereocenters. The Hall–Kier alpha value is -1.39. The summed E-state index contributed by atoms with van der Waals surface area (Å²) in [6, 6.07) is 11.0. The number of nitrogens with zero attached hydrogens (tertiary/aromatic N) is 1. The van der Waals surface area contributed by atoms with E-state index >= 15 is 0 Å². The molecule has 1 saturated carbocycles. The number of likely N-dealkylation sites (tertiary alicyclic amines) is 1. The predicted molar refractivity (Wildman–Crippen MR) is 114 cm³/mol. The molecule has 2 aliphatic heterocycles. The molecule has 0 aromatic heterocycles. The highest BCUT2D eigenvalue weighted by Gasteiger charge is 2.46. The Balaban J connectivity index is 1.46. The Morgan fingerprint density at radius 2 is 1.97 bits per heavy atom. The Morgan fingerprint density at radius 3 is 2.72 bits per heavy atom. The third-order valence-electron chi connectivity index (χ3n) is 7.41. The van der Waals surface area contributed by atoms with Crippen LogP contribution in [-0.2, 0) is 20.8 Å². The van der Waals surface area contributed by atoms with E-state index in [1.165, 1.54) is 24.8 Å². The SMILES string of the molecule is CC(C)[C@@H]1CC[C@@H](C)C[C@H]1O[C@@H]1OC(=O)C[C@H]1[C@@H]1CCCN1Cc1ccccc1. The smallest absolute Gasteiger partial charge is 0.308 e. The maximum atomic E-state index is 12.3. The highest BCUT2D eigenvalue weighted by atomic mass is 16.7. The van der Waals surface area contributed by atoms with Gasteiger partial charge in [0.2, 0.25) is 6.29 Å². The standard InChI is InChI=1S/C25H37NO3/c1-17(2)20-12-11-18(3)14-23(20)28-25-21(15-24(27)29-25)22-10-7-13-26(22)16-19-8-5-4-6-9-19/h4-6,8-9,17-18,20-23,25H,7,10-16H2,1-3H3/t18-,20+,21+,22+,23-,25-/m1/s1.